The summed E-state index contributed by atoms with van der Waals surface area (Å²) in [6, 6.07) is 0. The maximum Gasteiger partial charge on any atom is 0.478 e. The van der Waals surface area contributed by atoms with Crippen molar-refractivity contribution in [3.63, 3.8) is 0 Å². The summed E-state index contributed by atoms with van der Waals surface area (Å²) in [5, 5.41) is 24.4. The molecule has 3 aliphatic rings. The third-order valence-electron chi connectivity index (χ3n) is 6.37. The van der Waals surface area contributed by atoms with Gasteiger partial charge in [0.25, 0.3) is 0 Å². The highest BCUT2D eigenvalue weighted by Gasteiger charge is 2.71. The zero-order chi connectivity index (χ0) is 17.5. The predicted molar refractivity (Wildman–Crippen MR) is 90.7 cm³/mol. The summed E-state index contributed by atoms with van der Waals surface area (Å²) in [5.74, 6) is -0.0911. The number of amides is 1. The second-order valence-corrected chi connectivity index (χ2v) is 8.22. The molecule has 3 saturated carbocycles. The van der Waals surface area contributed by atoms with Gasteiger partial charge < -0.3 is 20.1 Å². The molecular formula is C17H32BNO4. The van der Waals surface area contributed by atoms with Gasteiger partial charge in [0, 0.05) is 6.92 Å². The lowest BCUT2D eigenvalue weighted by Crippen LogP contribution is -2.77. The van der Waals surface area contributed by atoms with Gasteiger partial charge in [0.1, 0.15) is 0 Å². The van der Waals surface area contributed by atoms with E-state index >= 15 is 0 Å². The molecule has 3 aliphatic carbocycles. The lowest BCUT2D eigenvalue weighted by Gasteiger charge is -2.71. The van der Waals surface area contributed by atoms with Crippen molar-refractivity contribution in [2.24, 2.45) is 11.3 Å². The van der Waals surface area contributed by atoms with E-state index in [1.807, 2.05) is 6.92 Å². The lowest BCUT2D eigenvalue weighted by molar-refractivity contribution is -0.305. The minimum absolute atomic E-state index is 0.174. The average Bonchev–Trinajstić information content (AvgIpc) is 2.44. The predicted octanol–water partition coefficient (Wildman–Crippen LogP) is 2.05. The molecule has 6 heteroatoms. The fourth-order valence-electron chi connectivity index (χ4n) is 4.68. The Bertz CT molecular complexity index is 444. The Hall–Kier alpha value is -0.585. The highest BCUT2D eigenvalue weighted by Crippen LogP contribution is 2.67. The number of unbranched alkanes of at least 4 members (excludes halogenated alkanes) is 1. The summed E-state index contributed by atoms with van der Waals surface area (Å²) < 4.78 is 6.13. The van der Waals surface area contributed by atoms with E-state index in [4.69, 9.17) is 4.65 Å². The molecule has 3 unspecified atom stereocenters. The topological polar surface area (TPSA) is 78.8 Å². The Labute approximate surface area is 140 Å². The van der Waals surface area contributed by atoms with Crippen LogP contribution in [0.5, 0.6) is 0 Å². The van der Waals surface area contributed by atoms with Crippen molar-refractivity contribution < 1.29 is 19.6 Å². The van der Waals surface area contributed by atoms with E-state index in [1.165, 1.54) is 6.92 Å². The molecule has 0 saturated heterocycles. The molecule has 4 atom stereocenters. The molecule has 3 N–H and O–H groups in total. The second kappa shape index (κ2) is 6.38. The van der Waals surface area contributed by atoms with Gasteiger partial charge in [0.05, 0.1) is 17.1 Å². The molecule has 132 valence electrons. The van der Waals surface area contributed by atoms with Crippen molar-refractivity contribution in [1.82, 2.24) is 5.32 Å². The number of aliphatic hydroxyl groups is 1. The Balaban J connectivity index is 2.15. The van der Waals surface area contributed by atoms with Crippen molar-refractivity contribution in [2.75, 3.05) is 0 Å². The van der Waals surface area contributed by atoms with E-state index in [9.17, 15) is 14.9 Å². The first-order chi connectivity index (χ1) is 10.6. The number of carbonyl (C=O) groups is 1. The fraction of sp³-hybridized carbons (Fsp3) is 0.941. The van der Waals surface area contributed by atoms with Crippen molar-refractivity contribution >= 4 is 13.0 Å². The summed E-state index contributed by atoms with van der Waals surface area (Å²) in [7, 11) is -1.10. The molecule has 0 aromatic carbocycles. The van der Waals surface area contributed by atoms with Gasteiger partial charge >= 0.3 is 7.12 Å². The van der Waals surface area contributed by atoms with Crippen LogP contribution in [-0.2, 0) is 9.45 Å². The summed E-state index contributed by atoms with van der Waals surface area (Å²) in [6.07, 6.45) is 5.00. The van der Waals surface area contributed by atoms with Crippen molar-refractivity contribution in [3.8, 4) is 0 Å². The van der Waals surface area contributed by atoms with E-state index in [0.717, 1.165) is 25.7 Å². The Morgan fingerprint density at radius 2 is 2.09 bits per heavy atom. The standard InChI is InChI=1S/C17H32BNO4/c1-6-7-8-14(19-12(2)20)18(22)23-17-11-13(15(17,3)4)9-10-16(17,5)21/h13-14,21-22H,6-11H2,1-5H3,(H,19,20)/t13?,14-,16?,17?/m0/s1. The SMILES string of the molecule is CCCC[C@H](NC(C)=O)B(O)OC12CC(CCC1(C)O)C2(C)C. The quantitative estimate of drug-likeness (QED) is 0.626. The first-order valence-electron chi connectivity index (χ1n) is 8.93. The number of hydrogen-bond acceptors (Lipinski definition) is 4. The third-order valence-corrected chi connectivity index (χ3v) is 6.37. The highest BCUT2D eigenvalue weighted by atomic mass is 16.6. The van der Waals surface area contributed by atoms with E-state index in [2.05, 4.69) is 26.1 Å². The van der Waals surface area contributed by atoms with Gasteiger partial charge in [0.15, 0.2) is 0 Å². The van der Waals surface area contributed by atoms with Crippen LogP contribution in [0.3, 0.4) is 0 Å². The van der Waals surface area contributed by atoms with Gasteiger partial charge in [-0.15, -0.1) is 0 Å². The largest absolute Gasteiger partial charge is 0.478 e. The highest BCUT2D eigenvalue weighted by molar-refractivity contribution is 6.45. The zero-order valence-corrected chi connectivity index (χ0v) is 15.2. The number of fused-ring (bicyclic) bond motifs is 2. The molecule has 5 nitrogen and oxygen atoms in total. The Kier molecular flexibility index (Phi) is 5.20. The molecule has 1 amide bonds. The molecule has 0 aromatic rings. The van der Waals surface area contributed by atoms with Gasteiger partial charge in [0.2, 0.25) is 5.91 Å². The fourth-order valence-corrected chi connectivity index (χ4v) is 4.68. The molecule has 3 fully saturated rings. The van der Waals surface area contributed by atoms with Gasteiger partial charge in [-0.3, -0.25) is 4.79 Å². The number of carbonyl (C=O) groups excluding carboxylic acids is 1. The van der Waals surface area contributed by atoms with Gasteiger partial charge in [-0.1, -0.05) is 33.6 Å². The van der Waals surface area contributed by atoms with Crippen LogP contribution in [0, 0.1) is 11.3 Å². The molecule has 3 rings (SSSR count). The first-order valence-corrected chi connectivity index (χ1v) is 8.93. The van der Waals surface area contributed by atoms with Crippen molar-refractivity contribution in [2.45, 2.75) is 90.3 Å². The maximum absolute atomic E-state index is 11.4. The van der Waals surface area contributed by atoms with E-state index in [-0.39, 0.29) is 11.3 Å². The molecule has 0 radical (unpaired) electrons. The van der Waals surface area contributed by atoms with Crippen LogP contribution >= 0.6 is 0 Å². The first kappa shape index (κ1) is 18.7. The molecule has 23 heavy (non-hydrogen) atoms. The summed E-state index contributed by atoms with van der Waals surface area (Å²) in [6.45, 7) is 9.56. The summed E-state index contributed by atoms with van der Waals surface area (Å²) in [4.78, 5) is 11.4. The van der Waals surface area contributed by atoms with Crippen LogP contribution in [0.15, 0.2) is 0 Å². The summed E-state index contributed by atoms with van der Waals surface area (Å²) >= 11 is 0. The number of hydrogen-bond donors (Lipinski definition) is 3. The van der Waals surface area contributed by atoms with E-state index < -0.39 is 24.3 Å². The van der Waals surface area contributed by atoms with Gasteiger partial charge in [-0.05, 0) is 43.9 Å². The minimum atomic E-state index is -1.10. The number of rotatable bonds is 7. The lowest BCUT2D eigenvalue weighted by atomic mass is 9.40. The smallest absolute Gasteiger partial charge is 0.426 e. The zero-order valence-electron chi connectivity index (χ0n) is 15.2. The average molecular weight is 325 g/mol. The Morgan fingerprint density at radius 1 is 1.43 bits per heavy atom. The van der Waals surface area contributed by atoms with Crippen LogP contribution in [0.2, 0.25) is 0 Å². The summed E-state index contributed by atoms with van der Waals surface area (Å²) in [5.41, 5.74) is -1.88. The second-order valence-electron chi connectivity index (χ2n) is 8.22. The van der Waals surface area contributed by atoms with Crippen LogP contribution < -0.4 is 5.32 Å². The normalized spacial score (nSPS) is 36.0. The number of nitrogens with one attached hydrogen (secondary N) is 1. The van der Waals surface area contributed by atoms with Crippen LogP contribution in [0.4, 0.5) is 0 Å². The van der Waals surface area contributed by atoms with E-state index in [0.29, 0.717) is 18.8 Å². The molecule has 0 aromatic heterocycles. The third kappa shape index (κ3) is 3.05. The molecule has 0 heterocycles. The molecule has 0 aliphatic heterocycles. The molecule has 2 bridgehead atoms. The van der Waals surface area contributed by atoms with Crippen LogP contribution in [0.25, 0.3) is 0 Å². The molecule has 0 spiro atoms. The van der Waals surface area contributed by atoms with Gasteiger partial charge in [-0.25, -0.2) is 0 Å². The molecular weight excluding hydrogens is 293 g/mol. The van der Waals surface area contributed by atoms with Crippen LogP contribution in [-0.4, -0.2) is 40.3 Å². The minimum Gasteiger partial charge on any atom is -0.426 e. The monoisotopic (exact) mass is 325 g/mol. The van der Waals surface area contributed by atoms with Crippen molar-refractivity contribution in [3.05, 3.63) is 0 Å². The maximum atomic E-state index is 11.4. The Morgan fingerprint density at radius 3 is 2.57 bits per heavy atom. The van der Waals surface area contributed by atoms with Crippen LogP contribution in [0.1, 0.15) is 73.1 Å². The van der Waals surface area contributed by atoms with Crippen molar-refractivity contribution in [1.29, 1.82) is 0 Å². The van der Waals surface area contributed by atoms with Gasteiger partial charge in [-0.2, -0.15) is 0 Å². The van der Waals surface area contributed by atoms with E-state index in [1.54, 1.807) is 0 Å².